The van der Waals surface area contributed by atoms with Gasteiger partial charge in [0.2, 0.25) is 17.7 Å². The molecule has 1 saturated heterocycles. The number of aryl methyl sites for hydroxylation is 3. The number of carbonyl (C=O) groups is 3. The molecular weight excluding hydrogens is 787 g/mol. The molecule has 3 N–H and O–H groups in total. The number of nitrogens with zero attached hydrogens (tertiary/aromatic N) is 3. The minimum absolute atomic E-state index is 0.0619. The molecule has 1 aliphatic heterocycles. The molecule has 0 radical (unpaired) electrons. The second kappa shape index (κ2) is 18.2. The first-order chi connectivity index (χ1) is 28.5. The second-order valence-corrected chi connectivity index (χ2v) is 24.3. The van der Waals surface area contributed by atoms with Crippen molar-refractivity contribution in [2.75, 3.05) is 20.0 Å². The van der Waals surface area contributed by atoms with Crippen LogP contribution in [0.25, 0.3) is 0 Å². The van der Waals surface area contributed by atoms with E-state index in [0.29, 0.717) is 19.3 Å². The molecule has 0 saturated carbocycles. The molecule has 0 unspecified atom stereocenters. The zero-order valence-electron chi connectivity index (χ0n) is 42.2. The zero-order chi connectivity index (χ0) is 48.0. The van der Waals surface area contributed by atoms with Crippen LogP contribution in [0, 0.1) is 0 Å². The van der Waals surface area contributed by atoms with Gasteiger partial charge in [0.05, 0.1) is 20.0 Å². The molecular formula is C54H81N3O6. The molecule has 0 spiro atoms. The summed E-state index contributed by atoms with van der Waals surface area (Å²) in [6, 6.07) is 11.6. The number of rotatable bonds is 9. The Morgan fingerprint density at radius 3 is 0.730 bits per heavy atom. The minimum atomic E-state index is -0.308. The molecule has 4 rings (SSSR count). The molecule has 0 aromatic heterocycles. The number of amides is 3. The lowest BCUT2D eigenvalue weighted by Gasteiger charge is -2.42. The molecule has 9 heteroatoms. The van der Waals surface area contributed by atoms with Gasteiger partial charge in [0.25, 0.3) is 0 Å². The van der Waals surface area contributed by atoms with E-state index < -0.39 is 0 Å². The average Bonchev–Trinajstić information content (AvgIpc) is 3.12. The first-order valence-corrected chi connectivity index (χ1v) is 22.9. The fraction of sp³-hybridized carbons (Fsp3) is 0.611. The Labute approximate surface area is 380 Å². The molecule has 9 nitrogen and oxygen atoms in total. The number of benzene rings is 3. The Kier molecular flexibility index (Phi) is 14.7. The first-order valence-electron chi connectivity index (χ1n) is 22.9. The summed E-state index contributed by atoms with van der Waals surface area (Å²) in [7, 11) is 0. The lowest BCUT2D eigenvalue weighted by molar-refractivity contribution is -0.158. The number of hydrogen-bond donors (Lipinski definition) is 3. The Hall–Kier alpha value is -4.53. The standard InChI is InChI=1S/C54H81N3O6/c1-49(2,3)37-28-43(58)40(52(10,11)12)25-34(37)19-22-46(61)55-31-56(47(62)23-20-35-26-41(53(13,14)15)44(59)29-38(35)50(4,5)6)33-57(32-55)48(63)24-21-36-27-42(54(16,17)18)45(60)30-39(36)51(7,8)9/h25-30,58-60H,19-24,31-33H2,1-18H3. The van der Waals surface area contributed by atoms with Crippen molar-refractivity contribution in [1.82, 2.24) is 14.7 Å². The van der Waals surface area contributed by atoms with Crippen molar-refractivity contribution in [3.05, 3.63) is 86.5 Å². The largest absolute Gasteiger partial charge is 0.508 e. The Bertz CT molecular complexity index is 1930. The van der Waals surface area contributed by atoms with Gasteiger partial charge in [-0.2, -0.15) is 0 Å². The summed E-state index contributed by atoms with van der Waals surface area (Å²) in [5.74, 6) is 0.242. The minimum Gasteiger partial charge on any atom is -0.508 e. The molecule has 0 atom stereocenters. The molecule has 3 aromatic rings. The third-order valence-electron chi connectivity index (χ3n) is 12.4. The van der Waals surface area contributed by atoms with E-state index in [1.165, 1.54) is 0 Å². The van der Waals surface area contributed by atoms with Crippen molar-refractivity contribution >= 4 is 17.7 Å². The van der Waals surface area contributed by atoms with Gasteiger partial charge in [-0.05, 0) is 120 Å². The van der Waals surface area contributed by atoms with E-state index in [-0.39, 0.29) is 107 Å². The fourth-order valence-electron chi connectivity index (χ4n) is 8.84. The molecule has 1 fully saturated rings. The SMILES string of the molecule is CC(C)(C)c1cc(CCC(=O)N2CN(C(=O)CCc3cc(C(C)(C)C)c(O)cc3C(C)(C)C)CN(C(=O)CCc3cc(C(C)(C)C)c(O)cc3C(C)(C)C)C2)c(C(C)(C)C)cc1O. The van der Waals surface area contributed by atoms with E-state index >= 15 is 0 Å². The van der Waals surface area contributed by atoms with Gasteiger partial charge in [-0.25, -0.2) is 0 Å². The summed E-state index contributed by atoms with van der Waals surface area (Å²) in [6.45, 7) is 37.6. The van der Waals surface area contributed by atoms with E-state index in [1.54, 1.807) is 14.7 Å². The molecule has 0 bridgehead atoms. The van der Waals surface area contributed by atoms with Crippen LogP contribution in [-0.2, 0) is 66.1 Å². The summed E-state index contributed by atoms with van der Waals surface area (Å²) >= 11 is 0. The van der Waals surface area contributed by atoms with Crippen LogP contribution in [0.4, 0.5) is 0 Å². The summed E-state index contributed by atoms with van der Waals surface area (Å²) in [5.41, 5.74) is 6.61. The average molecular weight is 868 g/mol. The number of carbonyl (C=O) groups excluding carboxylic acids is 3. The molecule has 348 valence electrons. The van der Waals surface area contributed by atoms with Gasteiger partial charge < -0.3 is 30.0 Å². The topological polar surface area (TPSA) is 122 Å². The van der Waals surface area contributed by atoms with E-state index in [4.69, 9.17) is 0 Å². The van der Waals surface area contributed by atoms with Crippen LogP contribution in [0.2, 0.25) is 0 Å². The fourth-order valence-corrected chi connectivity index (χ4v) is 8.84. The van der Waals surface area contributed by atoms with Gasteiger partial charge in [-0.1, -0.05) is 143 Å². The van der Waals surface area contributed by atoms with Crippen LogP contribution in [0.1, 0.15) is 194 Å². The van der Waals surface area contributed by atoms with Gasteiger partial charge in [0, 0.05) is 19.3 Å². The first kappa shape index (κ1) is 51.1. The van der Waals surface area contributed by atoms with Crippen molar-refractivity contribution in [2.24, 2.45) is 0 Å². The molecule has 1 heterocycles. The highest BCUT2D eigenvalue weighted by Crippen LogP contribution is 2.41. The van der Waals surface area contributed by atoms with E-state index in [1.807, 2.05) is 36.4 Å². The van der Waals surface area contributed by atoms with Crippen LogP contribution in [0.3, 0.4) is 0 Å². The smallest absolute Gasteiger partial charge is 0.225 e. The molecule has 63 heavy (non-hydrogen) atoms. The molecule has 3 aromatic carbocycles. The van der Waals surface area contributed by atoms with Crippen LogP contribution < -0.4 is 0 Å². The third-order valence-corrected chi connectivity index (χ3v) is 12.4. The number of phenols is 3. The third kappa shape index (κ3) is 12.6. The van der Waals surface area contributed by atoms with Gasteiger partial charge in [-0.3, -0.25) is 14.4 Å². The van der Waals surface area contributed by atoms with E-state index in [0.717, 1.165) is 50.1 Å². The predicted molar refractivity (Wildman–Crippen MR) is 257 cm³/mol. The predicted octanol–water partition coefficient (Wildman–Crippen LogP) is 11.2. The highest BCUT2D eigenvalue weighted by atomic mass is 16.3. The quantitative estimate of drug-likeness (QED) is 0.197. The number of aromatic hydroxyl groups is 3. The second-order valence-electron chi connectivity index (χ2n) is 24.3. The number of phenolic OH excluding ortho intramolecular Hbond substituents is 3. The van der Waals surface area contributed by atoms with Gasteiger partial charge >= 0.3 is 0 Å². The maximum atomic E-state index is 14.4. The van der Waals surface area contributed by atoms with Crippen molar-refractivity contribution in [2.45, 2.75) is 196 Å². The molecule has 3 amide bonds. The van der Waals surface area contributed by atoms with E-state index in [2.05, 4.69) is 125 Å². The molecule has 1 aliphatic rings. The maximum absolute atomic E-state index is 14.4. The lowest BCUT2D eigenvalue weighted by Crippen LogP contribution is -2.59. The summed E-state index contributed by atoms with van der Waals surface area (Å²) in [6.07, 6.45) is 1.80. The van der Waals surface area contributed by atoms with E-state index in [9.17, 15) is 29.7 Å². The molecule has 0 aliphatic carbocycles. The summed E-state index contributed by atoms with van der Waals surface area (Å²) < 4.78 is 0. The Balaban J connectivity index is 1.68. The summed E-state index contributed by atoms with van der Waals surface area (Å²) in [4.78, 5) is 48.0. The van der Waals surface area contributed by atoms with Crippen LogP contribution in [-0.4, -0.2) is 67.7 Å². The lowest BCUT2D eigenvalue weighted by atomic mass is 9.78. The van der Waals surface area contributed by atoms with Crippen LogP contribution in [0.15, 0.2) is 36.4 Å². The van der Waals surface area contributed by atoms with Gasteiger partial charge in [-0.15, -0.1) is 0 Å². The zero-order valence-corrected chi connectivity index (χ0v) is 42.2. The van der Waals surface area contributed by atoms with Crippen molar-refractivity contribution in [3.63, 3.8) is 0 Å². The number of hydrogen-bond acceptors (Lipinski definition) is 6. The Morgan fingerprint density at radius 2 is 0.556 bits per heavy atom. The monoisotopic (exact) mass is 868 g/mol. The van der Waals surface area contributed by atoms with Crippen molar-refractivity contribution in [1.29, 1.82) is 0 Å². The highest BCUT2D eigenvalue weighted by Gasteiger charge is 2.34. The van der Waals surface area contributed by atoms with Gasteiger partial charge in [0.15, 0.2) is 0 Å². The van der Waals surface area contributed by atoms with Gasteiger partial charge in [0.1, 0.15) is 17.2 Å². The highest BCUT2D eigenvalue weighted by molar-refractivity contribution is 5.82. The van der Waals surface area contributed by atoms with Crippen LogP contribution >= 0.6 is 0 Å². The summed E-state index contributed by atoms with van der Waals surface area (Å²) in [5, 5.41) is 33.2. The van der Waals surface area contributed by atoms with Crippen molar-refractivity contribution < 1.29 is 29.7 Å². The van der Waals surface area contributed by atoms with Crippen molar-refractivity contribution in [3.8, 4) is 17.2 Å². The normalized spacial score (nSPS) is 14.7. The maximum Gasteiger partial charge on any atom is 0.225 e. The Morgan fingerprint density at radius 1 is 0.365 bits per heavy atom. The van der Waals surface area contributed by atoms with Crippen LogP contribution in [0.5, 0.6) is 17.2 Å².